The molecule has 0 aromatic heterocycles. The molecular weight excluding hydrogens is 504 g/mol. The summed E-state index contributed by atoms with van der Waals surface area (Å²) in [6.07, 6.45) is -6.55. The zero-order chi connectivity index (χ0) is 24.4. The number of ether oxygens (including phenoxy) is 2. The summed E-state index contributed by atoms with van der Waals surface area (Å²) < 4.78 is 132. The van der Waals surface area contributed by atoms with Crippen LogP contribution < -0.4 is 29.6 Å². The summed E-state index contributed by atoms with van der Waals surface area (Å²) in [5.74, 6) is -9.45. The average Bonchev–Trinajstić information content (AvgIpc) is 2.57. The van der Waals surface area contributed by atoms with Crippen molar-refractivity contribution in [3.63, 3.8) is 0 Å². The molecule has 0 aliphatic heterocycles. The van der Waals surface area contributed by atoms with Crippen LogP contribution in [0, 0.1) is 17.3 Å². The predicted octanol–water partition coefficient (Wildman–Crippen LogP) is 0.142. The van der Waals surface area contributed by atoms with Crippen LogP contribution in [-0.4, -0.2) is 54.5 Å². The van der Waals surface area contributed by atoms with Crippen molar-refractivity contribution in [1.29, 1.82) is 0 Å². The van der Waals surface area contributed by atoms with Crippen molar-refractivity contribution in [2.45, 2.75) is 67.9 Å². The van der Waals surface area contributed by atoms with Crippen molar-refractivity contribution in [1.82, 2.24) is 0 Å². The Kier molecular flexibility index (Phi) is 7.61. The van der Waals surface area contributed by atoms with E-state index >= 15 is 0 Å². The van der Waals surface area contributed by atoms with Crippen molar-refractivity contribution >= 4 is 22.1 Å². The molecule has 184 valence electrons. The van der Waals surface area contributed by atoms with Crippen LogP contribution in [-0.2, 0) is 29.2 Å². The Hall–Kier alpha value is -0.640. The van der Waals surface area contributed by atoms with E-state index in [0.29, 0.717) is 6.42 Å². The van der Waals surface area contributed by atoms with Crippen LogP contribution in [0.4, 0.5) is 30.7 Å². The summed E-state index contributed by atoms with van der Waals surface area (Å²) in [5.41, 5.74) is -3.03. The van der Waals surface area contributed by atoms with E-state index in [2.05, 4.69) is 4.74 Å². The second-order valence-electron chi connectivity index (χ2n) is 8.87. The molecule has 7 nitrogen and oxygen atoms in total. The van der Waals surface area contributed by atoms with E-state index in [4.69, 9.17) is 4.74 Å². The van der Waals surface area contributed by atoms with Gasteiger partial charge in [-0.1, -0.05) is 0 Å². The SMILES string of the molecule is O=C(OC12CC3CC(C1)CC(C(=O)OCCC(F)(F)C(F)(F)S(=O)(=O)[O-])(C3)C2)C(F)(F)F.[Na+]. The predicted molar refractivity (Wildman–Crippen MR) is 87.2 cm³/mol. The molecule has 0 aromatic carbocycles. The van der Waals surface area contributed by atoms with Gasteiger partial charge >= 0.3 is 58.8 Å². The molecule has 4 aliphatic carbocycles. The Morgan fingerprint density at radius 3 is 1.94 bits per heavy atom. The maximum absolute atomic E-state index is 13.5. The van der Waals surface area contributed by atoms with Crippen LogP contribution in [0.3, 0.4) is 0 Å². The van der Waals surface area contributed by atoms with E-state index in [-0.39, 0.29) is 73.5 Å². The summed E-state index contributed by atoms with van der Waals surface area (Å²) in [6.45, 7) is -1.36. The molecule has 0 heterocycles. The van der Waals surface area contributed by atoms with E-state index in [1.807, 2.05) is 0 Å². The minimum Gasteiger partial charge on any atom is -0.743 e. The molecule has 0 spiro atoms. The van der Waals surface area contributed by atoms with Crippen LogP contribution in [0.5, 0.6) is 0 Å². The fourth-order valence-electron chi connectivity index (χ4n) is 5.54. The minimum atomic E-state index is -6.69. The molecule has 0 amide bonds. The number of carbonyl (C=O) groups is 2. The molecule has 4 bridgehead atoms. The first-order valence-corrected chi connectivity index (χ1v) is 10.9. The molecule has 0 N–H and O–H groups in total. The summed E-state index contributed by atoms with van der Waals surface area (Å²) in [6, 6.07) is 0. The maximum Gasteiger partial charge on any atom is 1.00 e. The molecule has 4 saturated carbocycles. The Labute approximate surface area is 205 Å². The van der Waals surface area contributed by atoms with Crippen molar-refractivity contribution in [3.05, 3.63) is 0 Å². The van der Waals surface area contributed by atoms with E-state index in [1.165, 1.54) is 0 Å². The fraction of sp³-hybridized carbons (Fsp3) is 0.882. The zero-order valence-electron chi connectivity index (χ0n) is 17.2. The topological polar surface area (TPSA) is 110 Å². The van der Waals surface area contributed by atoms with Gasteiger partial charge in [0.25, 0.3) is 0 Å². The van der Waals surface area contributed by atoms with Gasteiger partial charge in [0, 0.05) is 6.42 Å². The van der Waals surface area contributed by atoms with Gasteiger partial charge in [-0.2, -0.15) is 30.7 Å². The molecular formula is C17H18F7NaO7S. The first-order valence-electron chi connectivity index (χ1n) is 9.51. The second-order valence-corrected chi connectivity index (χ2v) is 10.3. The third-order valence-corrected chi connectivity index (χ3v) is 7.30. The Balaban J connectivity index is 0.00000385. The standard InChI is InChI=1S/C17H19F7O7S.Na/c18-15(19,17(23,24)32(27,28)29)1-2-30-11(25)13-4-9-3-10(5-13)7-14(6-9,8-13)31-12(26)16(20,21)22;/h9-10H,1-8H2,(H,27,28,29);/q;+1/p-1. The number of halogens is 7. The van der Waals surface area contributed by atoms with Crippen LogP contribution >= 0.6 is 0 Å². The molecule has 0 radical (unpaired) electrons. The van der Waals surface area contributed by atoms with E-state index in [0.717, 1.165) is 0 Å². The largest absolute Gasteiger partial charge is 1.00 e. The van der Waals surface area contributed by atoms with Gasteiger partial charge in [-0.25, -0.2) is 13.2 Å². The van der Waals surface area contributed by atoms with Crippen molar-refractivity contribution in [3.8, 4) is 0 Å². The van der Waals surface area contributed by atoms with Gasteiger partial charge in [0.15, 0.2) is 10.1 Å². The maximum atomic E-state index is 13.5. The smallest absolute Gasteiger partial charge is 0.743 e. The van der Waals surface area contributed by atoms with Gasteiger partial charge in [-0.05, 0) is 43.9 Å². The fourth-order valence-corrected chi connectivity index (χ4v) is 6.01. The Bertz CT molecular complexity index is 892. The number of carbonyl (C=O) groups excluding carboxylic acids is 2. The summed E-state index contributed by atoms with van der Waals surface area (Å²) in [7, 11) is -6.69. The van der Waals surface area contributed by atoms with Gasteiger partial charge < -0.3 is 14.0 Å². The summed E-state index contributed by atoms with van der Waals surface area (Å²) >= 11 is 0. The van der Waals surface area contributed by atoms with Gasteiger partial charge in [0.2, 0.25) is 0 Å². The molecule has 4 rings (SSSR count). The van der Waals surface area contributed by atoms with E-state index in [1.54, 1.807) is 0 Å². The van der Waals surface area contributed by atoms with Gasteiger partial charge in [0.05, 0.1) is 18.4 Å². The zero-order valence-corrected chi connectivity index (χ0v) is 20.0. The first kappa shape index (κ1) is 28.6. The second kappa shape index (κ2) is 8.79. The number of rotatable bonds is 7. The summed E-state index contributed by atoms with van der Waals surface area (Å²) in [4.78, 5) is 24.0. The molecule has 0 aromatic rings. The van der Waals surface area contributed by atoms with Crippen LogP contribution in [0.2, 0.25) is 0 Å². The third-order valence-electron chi connectivity index (χ3n) is 6.37. The van der Waals surface area contributed by atoms with Crippen molar-refractivity contribution < 1.29 is 92.3 Å². The third kappa shape index (κ3) is 5.31. The molecule has 33 heavy (non-hydrogen) atoms. The molecule has 4 fully saturated rings. The van der Waals surface area contributed by atoms with Crippen LogP contribution in [0.1, 0.15) is 44.9 Å². The van der Waals surface area contributed by atoms with Gasteiger partial charge in [0.1, 0.15) is 5.60 Å². The van der Waals surface area contributed by atoms with E-state index in [9.17, 15) is 53.3 Å². The van der Waals surface area contributed by atoms with Crippen molar-refractivity contribution in [2.75, 3.05) is 6.61 Å². The van der Waals surface area contributed by atoms with Gasteiger partial charge in [-0.15, -0.1) is 0 Å². The number of hydrogen-bond donors (Lipinski definition) is 0. The number of hydrogen-bond acceptors (Lipinski definition) is 7. The minimum absolute atomic E-state index is 0. The number of esters is 2. The molecule has 4 aliphatic rings. The van der Waals surface area contributed by atoms with Gasteiger partial charge in [-0.3, -0.25) is 4.79 Å². The molecule has 2 atom stereocenters. The molecule has 0 saturated heterocycles. The first-order chi connectivity index (χ1) is 14.3. The number of alkyl halides is 7. The summed E-state index contributed by atoms with van der Waals surface area (Å²) in [5, 5.41) is -5.93. The Morgan fingerprint density at radius 2 is 1.48 bits per heavy atom. The Morgan fingerprint density at radius 1 is 0.970 bits per heavy atom. The quantitative estimate of drug-likeness (QED) is 0.203. The monoisotopic (exact) mass is 522 g/mol. The van der Waals surface area contributed by atoms with Crippen molar-refractivity contribution in [2.24, 2.45) is 17.3 Å². The van der Waals surface area contributed by atoms with E-state index < -0.39 is 63.5 Å². The molecule has 2 unspecified atom stereocenters. The van der Waals surface area contributed by atoms with Crippen LogP contribution in [0.15, 0.2) is 0 Å². The average molecular weight is 522 g/mol. The normalized spacial score (nSPS) is 31.6. The molecule has 16 heteroatoms. The van der Waals surface area contributed by atoms with Crippen LogP contribution in [0.25, 0.3) is 0 Å².